The van der Waals surface area contributed by atoms with Crippen molar-refractivity contribution < 1.29 is 12.8 Å². The van der Waals surface area contributed by atoms with Crippen LogP contribution in [0.2, 0.25) is 5.02 Å². The van der Waals surface area contributed by atoms with E-state index in [9.17, 15) is 12.8 Å². The number of anilines is 2. The highest BCUT2D eigenvalue weighted by atomic mass is 79.9. The van der Waals surface area contributed by atoms with Crippen molar-refractivity contribution in [2.45, 2.75) is 11.8 Å². The summed E-state index contributed by atoms with van der Waals surface area (Å²) in [5.74, 6) is -0.561. The van der Waals surface area contributed by atoms with Gasteiger partial charge in [-0.1, -0.05) is 11.6 Å². The molecule has 0 unspecified atom stereocenters. The Morgan fingerprint density at radius 1 is 1.29 bits per heavy atom. The Labute approximate surface area is 135 Å². The standard InChI is InChI=1S/C13H11BrClFN2O2S/c1-7-4-9(14)11(16)6-13(7)18-21(19,20)8-2-3-10(15)12(17)5-8/h2-6,18H,17H2,1H3. The maximum atomic E-state index is 13.5. The summed E-state index contributed by atoms with van der Waals surface area (Å²) in [6, 6.07) is 6.56. The Morgan fingerprint density at radius 2 is 1.95 bits per heavy atom. The van der Waals surface area contributed by atoms with Crippen LogP contribution in [-0.4, -0.2) is 8.42 Å². The van der Waals surface area contributed by atoms with E-state index >= 15 is 0 Å². The fourth-order valence-electron chi connectivity index (χ4n) is 1.65. The van der Waals surface area contributed by atoms with E-state index in [2.05, 4.69) is 20.7 Å². The van der Waals surface area contributed by atoms with Crippen LogP contribution in [0.5, 0.6) is 0 Å². The zero-order chi connectivity index (χ0) is 15.8. The summed E-state index contributed by atoms with van der Waals surface area (Å²) in [7, 11) is -3.88. The lowest BCUT2D eigenvalue weighted by Crippen LogP contribution is -2.14. The quantitative estimate of drug-likeness (QED) is 0.776. The Hall–Kier alpha value is -1.31. The molecule has 2 rings (SSSR count). The highest BCUT2D eigenvalue weighted by Gasteiger charge is 2.17. The van der Waals surface area contributed by atoms with Gasteiger partial charge < -0.3 is 5.73 Å². The SMILES string of the molecule is Cc1cc(Br)c(F)cc1NS(=O)(=O)c1ccc(Cl)c(N)c1. The summed E-state index contributed by atoms with van der Waals surface area (Å²) < 4.78 is 40.7. The highest BCUT2D eigenvalue weighted by Crippen LogP contribution is 2.27. The van der Waals surface area contributed by atoms with E-state index < -0.39 is 15.8 Å². The number of hydrogen-bond donors (Lipinski definition) is 2. The minimum absolute atomic E-state index is 0.0490. The van der Waals surface area contributed by atoms with Gasteiger partial charge in [0.2, 0.25) is 0 Å². The van der Waals surface area contributed by atoms with Gasteiger partial charge in [-0.05, 0) is 58.7 Å². The Kier molecular flexibility index (Phi) is 4.46. The summed E-state index contributed by atoms with van der Waals surface area (Å²) in [6.07, 6.45) is 0. The zero-order valence-electron chi connectivity index (χ0n) is 10.8. The van der Waals surface area contributed by atoms with Gasteiger partial charge in [0.15, 0.2) is 0 Å². The van der Waals surface area contributed by atoms with Crippen molar-refractivity contribution in [1.82, 2.24) is 0 Å². The van der Waals surface area contributed by atoms with E-state index in [1.165, 1.54) is 24.3 Å². The molecule has 0 atom stereocenters. The Morgan fingerprint density at radius 3 is 2.57 bits per heavy atom. The van der Waals surface area contributed by atoms with Crippen molar-refractivity contribution in [1.29, 1.82) is 0 Å². The van der Waals surface area contributed by atoms with E-state index in [0.29, 0.717) is 5.56 Å². The fraction of sp³-hybridized carbons (Fsp3) is 0.0769. The number of aryl methyl sites for hydroxylation is 1. The van der Waals surface area contributed by atoms with Crippen molar-refractivity contribution in [3.05, 3.63) is 51.2 Å². The smallest absolute Gasteiger partial charge is 0.261 e. The molecule has 112 valence electrons. The first-order valence-corrected chi connectivity index (χ1v) is 8.39. The normalized spacial score (nSPS) is 11.4. The number of hydrogen-bond acceptors (Lipinski definition) is 3. The molecule has 0 spiro atoms. The van der Waals surface area contributed by atoms with Crippen LogP contribution in [0.3, 0.4) is 0 Å². The Balaban J connectivity index is 2.42. The van der Waals surface area contributed by atoms with Gasteiger partial charge in [-0.25, -0.2) is 12.8 Å². The molecule has 0 aliphatic rings. The Bertz CT molecular complexity index is 812. The molecular weight excluding hydrogens is 383 g/mol. The van der Waals surface area contributed by atoms with Gasteiger partial charge in [0.25, 0.3) is 10.0 Å². The van der Waals surface area contributed by atoms with Gasteiger partial charge >= 0.3 is 0 Å². The monoisotopic (exact) mass is 392 g/mol. The molecule has 0 saturated heterocycles. The molecule has 0 saturated carbocycles. The number of nitrogen functional groups attached to an aromatic ring is 1. The van der Waals surface area contributed by atoms with Crippen molar-refractivity contribution in [3.63, 3.8) is 0 Å². The first-order chi connectivity index (χ1) is 9.70. The lowest BCUT2D eigenvalue weighted by Gasteiger charge is -2.12. The summed E-state index contributed by atoms with van der Waals surface area (Å²) in [4.78, 5) is -0.0490. The van der Waals surface area contributed by atoms with E-state index in [1.807, 2.05) is 0 Å². The van der Waals surface area contributed by atoms with Gasteiger partial charge in [0.1, 0.15) is 5.82 Å². The molecule has 0 aromatic heterocycles. The van der Waals surface area contributed by atoms with Crippen LogP contribution in [0.25, 0.3) is 0 Å². The van der Waals surface area contributed by atoms with Crippen molar-refractivity contribution in [3.8, 4) is 0 Å². The van der Waals surface area contributed by atoms with Crippen LogP contribution in [0, 0.1) is 12.7 Å². The second-order valence-electron chi connectivity index (χ2n) is 4.37. The van der Waals surface area contributed by atoms with E-state index in [0.717, 1.165) is 6.07 Å². The largest absolute Gasteiger partial charge is 0.397 e. The molecule has 3 N–H and O–H groups in total. The van der Waals surface area contributed by atoms with E-state index in [4.69, 9.17) is 17.3 Å². The molecule has 0 heterocycles. The molecular formula is C13H11BrClFN2O2S. The van der Waals surface area contributed by atoms with Crippen LogP contribution in [0.1, 0.15) is 5.56 Å². The molecule has 2 aromatic carbocycles. The molecule has 8 heteroatoms. The molecule has 0 radical (unpaired) electrons. The summed E-state index contributed by atoms with van der Waals surface area (Å²) in [5.41, 5.74) is 6.48. The molecule has 21 heavy (non-hydrogen) atoms. The first-order valence-electron chi connectivity index (χ1n) is 5.74. The summed E-state index contributed by atoms with van der Waals surface area (Å²) in [5, 5.41) is 0.264. The number of nitrogens with one attached hydrogen (secondary N) is 1. The molecule has 2 aromatic rings. The van der Waals surface area contributed by atoms with Crippen LogP contribution < -0.4 is 10.5 Å². The lowest BCUT2D eigenvalue weighted by molar-refractivity contribution is 0.601. The van der Waals surface area contributed by atoms with Crippen molar-refractivity contribution >= 4 is 48.9 Å². The van der Waals surface area contributed by atoms with Gasteiger partial charge in [-0.3, -0.25) is 4.72 Å². The van der Waals surface area contributed by atoms with Gasteiger partial charge in [-0.2, -0.15) is 0 Å². The predicted octanol–water partition coefficient (Wildman–Crippen LogP) is 3.93. The van der Waals surface area contributed by atoms with Crippen LogP contribution >= 0.6 is 27.5 Å². The molecule has 4 nitrogen and oxygen atoms in total. The number of benzene rings is 2. The van der Waals surface area contributed by atoms with Crippen molar-refractivity contribution in [2.24, 2.45) is 0 Å². The van der Waals surface area contributed by atoms with E-state index in [-0.39, 0.29) is 25.8 Å². The fourth-order valence-corrected chi connectivity index (χ4v) is 3.38. The average Bonchev–Trinajstić information content (AvgIpc) is 2.39. The van der Waals surface area contributed by atoms with Crippen LogP contribution in [0.4, 0.5) is 15.8 Å². The molecule has 0 bridgehead atoms. The van der Waals surface area contributed by atoms with Crippen molar-refractivity contribution in [2.75, 3.05) is 10.5 Å². The number of nitrogens with two attached hydrogens (primary N) is 1. The third-order valence-corrected chi connectivity index (χ3v) is 5.10. The first kappa shape index (κ1) is 16.1. The maximum absolute atomic E-state index is 13.5. The molecule has 0 amide bonds. The third-order valence-electron chi connectivity index (χ3n) is 2.79. The minimum Gasteiger partial charge on any atom is -0.397 e. The topological polar surface area (TPSA) is 72.2 Å². The van der Waals surface area contributed by atoms with Gasteiger partial charge in [-0.15, -0.1) is 0 Å². The predicted molar refractivity (Wildman–Crippen MR) is 85.5 cm³/mol. The summed E-state index contributed by atoms with van der Waals surface area (Å²) >= 11 is 8.80. The van der Waals surface area contributed by atoms with Crippen LogP contribution in [-0.2, 0) is 10.0 Å². The molecule has 0 aliphatic heterocycles. The van der Waals surface area contributed by atoms with E-state index in [1.54, 1.807) is 6.92 Å². The average molecular weight is 394 g/mol. The van der Waals surface area contributed by atoms with Crippen LogP contribution in [0.15, 0.2) is 39.7 Å². The maximum Gasteiger partial charge on any atom is 0.261 e. The third kappa shape index (κ3) is 3.48. The minimum atomic E-state index is -3.88. The number of rotatable bonds is 3. The second-order valence-corrected chi connectivity index (χ2v) is 7.31. The van der Waals surface area contributed by atoms with Gasteiger partial charge in [0, 0.05) is 0 Å². The summed E-state index contributed by atoms with van der Waals surface area (Å²) in [6.45, 7) is 1.66. The lowest BCUT2D eigenvalue weighted by atomic mass is 10.2. The zero-order valence-corrected chi connectivity index (χ0v) is 14.0. The number of sulfonamides is 1. The highest BCUT2D eigenvalue weighted by molar-refractivity contribution is 9.10. The second kappa shape index (κ2) is 5.82. The van der Waals surface area contributed by atoms with Gasteiger partial charge in [0.05, 0.1) is 25.8 Å². The number of halogens is 3. The molecule has 0 fully saturated rings. The molecule has 0 aliphatic carbocycles.